The van der Waals surface area contributed by atoms with Crippen molar-refractivity contribution >= 4 is 27.3 Å². The van der Waals surface area contributed by atoms with E-state index in [9.17, 15) is 0 Å². The number of hydrogen-bond donors (Lipinski definition) is 0. The molecule has 1 aromatic heterocycles. The van der Waals surface area contributed by atoms with Gasteiger partial charge >= 0.3 is 0 Å². The summed E-state index contributed by atoms with van der Waals surface area (Å²) in [5, 5.41) is 11.1. The van der Waals surface area contributed by atoms with Crippen LogP contribution in [0, 0.1) is 11.3 Å². The Morgan fingerprint density at radius 3 is 2.67 bits per heavy atom. The fraction of sp³-hybridized carbons (Fsp3) is 0.444. The van der Waals surface area contributed by atoms with E-state index in [1.165, 1.54) is 11.3 Å². The van der Waals surface area contributed by atoms with Crippen LogP contribution in [0.5, 0.6) is 0 Å². The largest absolute Gasteiger partial charge is 0.197 e. The van der Waals surface area contributed by atoms with Crippen LogP contribution in [0.15, 0.2) is 15.9 Å². The van der Waals surface area contributed by atoms with Crippen LogP contribution in [0.25, 0.3) is 0 Å². The van der Waals surface area contributed by atoms with Gasteiger partial charge in [0.05, 0.1) is 11.5 Å². The number of nitrogens with zero attached hydrogens (tertiary/aromatic N) is 1. The maximum absolute atomic E-state index is 9.04. The lowest BCUT2D eigenvalue weighted by Gasteiger charge is -2.33. The van der Waals surface area contributed by atoms with Gasteiger partial charge in [-0.05, 0) is 41.3 Å². The van der Waals surface area contributed by atoms with E-state index >= 15 is 0 Å². The molecule has 0 amide bonds. The summed E-state index contributed by atoms with van der Waals surface area (Å²) in [6, 6.07) is 4.51. The number of hydrogen-bond acceptors (Lipinski definition) is 2. The molecule has 0 bridgehead atoms. The molecule has 12 heavy (non-hydrogen) atoms. The van der Waals surface area contributed by atoms with Gasteiger partial charge in [0.2, 0.25) is 0 Å². The van der Waals surface area contributed by atoms with Gasteiger partial charge in [0.1, 0.15) is 0 Å². The van der Waals surface area contributed by atoms with E-state index in [0.717, 1.165) is 17.3 Å². The number of nitriles is 1. The Hall–Kier alpha value is -0.330. The molecule has 0 N–H and O–H groups in total. The highest BCUT2D eigenvalue weighted by molar-refractivity contribution is 9.10. The lowest BCUT2D eigenvalue weighted by atomic mass is 9.69. The summed E-state index contributed by atoms with van der Waals surface area (Å²) in [7, 11) is 0. The normalized spacial score (nSPS) is 19.7. The van der Waals surface area contributed by atoms with Gasteiger partial charge in [0.15, 0.2) is 0 Å². The first kappa shape index (κ1) is 8.28. The molecule has 1 aromatic rings. The molecular weight excluding hydrogens is 234 g/mol. The molecular formula is C9H8BrNS. The summed E-state index contributed by atoms with van der Waals surface area (Å²) >= 11 is 5.10. The average Bonchev–Trinajstić information content (AvgIpc) is 2.35. The third-order valence-corrected chi connectivity index (χ3v) is 4.36. The van der Waals surface area contributed by atoms with E-state index in [0.29, 0.717) is 0 Å². The molecule has 62 valence electrons. The van der Waals surface area contributed by atoms with Crippen LogP contribution >= 0.6 is 27.3 Å². The highest BCUT2D eigenvalue weighted by Crippen LogP contribution is 2.46. The Balaban J connectivity index is 2.35. The second-order valence-corrected chi connectivity index (χ2v) is 5.00. The van der Waals surface area contributed by atoms with Gasteiger partial charge < -0.3 is 0 Å². The zero-order valence-electron chi connectivity index (χ0n) is 6.51. The number of halogens is 1. The van der Waals surface area contributed by atoms with E-state index in [2.05, 4.69) is 28.1 Å². The minimum Gasteiger partial charge on any atom is -0.197 e. The van der Waals surface area contributed by atoms with E-state index in [-0.39, 0.29) is 5.41 Å². The summed E-state index contributed by atoms with van der Waals surface area (Å²) in [6.45, 7) is 0. The van der Waals surface area contributed by atoms with Crippen molar-refractivity contribution in [3.05, 3.63) is 20.8 Å². The van der Waals surface area contributed by atoms with Crippen LogP contribution in [-0.4, -0.2) is 0 Å². The maximum atomic E-state index is 9.04. The van der Waals surface area contributed by atoms with Crippen LogP contribution in [0.2, 0.25) is 0 Å². The van der Waals surface area contributed by atoms with Gasteiger partial charge in [-0.2, -0.15) is 5.26 Å². The fourth-order valence-corrected chi connectivity index (χ4v) is 3.15. The molecule has 1 saturated carbocycles. The monoisotopic (exact) mass is 241 g/mol. The Morgan fingerprint density at radius 1 is 1.58 bits per heavy atom. The molecule has 1 nitrogen and oxygen atoms in total. The molecule has 1 heterocycles. The first-order chi connectivity index (χ1) is 5.77. The van der Waals surface area contributed by atoms with Crippen molar-refractivity contribution in [2.45, 2.75) is 24.7 Å². The van der Waals surface area contributed by atoms with E-state index < -0.39 is 0 Å². The van der Waals surface area contributed by atoms with Crippen molar-refractivity contribution in [1.29, 1.82) is 5.26 Å². The minimum atomic E-state index is -0.128. The Bertz CT molecular complexity index is 333. The smallest absolute Gasteiger partial charge is 0.0915 e. The van der Waals surface area contributed by atoms with Gasteiger partial charge in [-0.3, -0.25) is 0 Å². The van der Waals surface area contributed by atoms with Gasteiger partial charge in [0.25, 0.3) is 0 Å². The van der Waals surface area contributed by atoms with Crippen LogP contribution in [0.3, 0.4) is 0 Å². The van der Waals surface area contributed by atoms with Crippen molar-refractivity contribution in [1.82, 2.24) is 0 Å². The Kier molecular flexibility index (Phi) is 1.97. The highest BCUT2D eigenvalue weighted by Gasteiger charge is 2.40. The standard InChI is InChI=1S/C9H8BrNS/c10-7-4-8(12-5-7)9(6-11)2-1-3-9/h4-5H,1-3H2. The first-order valence-electron chi connectivity index (χ1n) is 3.93. The number of thiophene rings is 1. The predicted molar refractivity (Wildman–Crippen MR) is 53.2 cm³/mol. The molecule has 2 rings (SSSR count). The molecule has 0 aromatic carbocycles. The summed E-state index contributed by atoms with van der Waals surface area (Å²) in [4.78, 5) is 1.23. The number of rotatable bonds is 1. The summed E-state index contributed by atoms with van der Waals surface area (Å²) in [6.07, 6.45) is 3.27. The van der Waals surface area contributed by atoms with E-state index in [1.807, 2.05) is 5.38 Å². The van der Waals surface area contributed by atoms with Crippen molar-refractivity contribution in [3.63, 3.8) is 0 Å². The SMILES string of the molecule is N#CC1(c2cc(Br)cs2)CCC1. The third-order valence-electron chi connectivity index (χ3n) is 2.46. The van der Waals surface area contributed by atoms with Crippen molar-refractivity contribution in [2.75, 3.05) is 0 Å². The lowest BCUT2D eigenvalue weighted by Crippen LogP contribution is -2.31. The second-order valence-electron chi connectivity index (χ2n) is 3.18. The maximum Gasteiger partial charge on any atom is 0.0915 e. The van der Waals surface area contributed by atoms with Crippen LogP contribution in [0.1, 0.15) is 24.1 Å². The molecule has 1 aliphatic carbocycles. The van der Waals surface area contributed by atoms with Crippen molar-refractivity contribution < 1.29 is 0 Å². The Morgan fingerprint density at radius 2 is 2.33 bits per heavy atom. The zero-order chi connectivity index (χ0) is 8.60. The molecule has 1 fully saturated rings. The summed E-state index contributed by atoms with van der Waals surface area (Å²) in [5.74, 6) is 0. The molecule has 1 aliphatic rings. The molecule has 3 heteroatoms. The summed E-state index contributed by atoms with van der Waals surface area (Å²) < 4.78 is 1.10. The van der Waals surface area contributed by atoms with Gasteiger partial charge in [-0.15, -0.1) is 11.3 Å². The zero-order valence-corrected chi connectivity index (χ0v) is 8.91. The molecule has 0 aliphatic heterocycles. The van der Waals surface area contributed by atoms with Gasteiger partial charge in [-0.1, -0.05) is 0 Å². The quantitative estimate of drug-likeness (QED) is 0.739. The average molecular weight is 242 g/mol. The van der Waals surface area contributed by atoms with Crippen molar-refractivity contribution in [3.8, 4) is 6.07 Å². The Labute approximate surface area is 84.2 Å². The first-order valence-corrected chi connectivity index (χ1v) is 5.60. The lowest BCUT2D eigenvalue weighted by molar-refractivity contribution is 0.330. The molecule has 0 atom stereocenters. The molecule has 0 radical (unpaired) electrons. The topological polar surface area (TPSA) is 23.8 Å². The second kappa shape index (κ2) is 2.86. The third kappa shape index (κ3) is 1.10. The molecule has 0 unspecified atom stereocenters. The molecule has 0 saturated heterocycles. The minimum absolute atomic E-state index is 0.128. The van der Waals surface area contributed by atoms with Crippen LogP contribution in [0.4, 0.5) is 0 Å². The predicted octanol–water partition coefficient (Wildman–Crippen LogP) is 3.46. The van der Waals surface area contributed by atoms with Crippen molar-refractivity contribution in [2.24, 2.45) is 0 Å². The van der Waals surface area contributed by atoms with E-state index in [1.54, 1.807) is 11.3 Å². The van der Waals surface area contributed by atoms with Gasteiger partial charge in [-0.25, -0.2) is 0 Å². The summed E-state index contributed by atoms with van der Waals surface area (Å²) in [5.41, 5.74) is -0.128. The highest BCUT2D eigenvalue weighted by atomic mass is 79.9. The van der Waals surface area contributed by atoms with E-state index in [4.69, 9.17) is 5.26 Å². The fourth-order valence-electron chi connectivity index (χ4n) is 1.51. The van der Waals surface area contributed by atoms with Crippen LogP contribution in [-0.2, 0) is 5.41 Å². The van der Waals surface area contributed by atoms with Crippen LogP contribution < -0.4 is 0 Å². The van der Waals surface area contributed by atoms with Gasteiger partial charge in [0, 0.05) is 14.7 Å². The molecule has 0 spiro atoms.